The number of hydrogen-bond donors (Lipinski definition) is 0. The Kier molecular flexibility index (Phi) is 4.31. The molecule has 0 N–H and O–H groups in total. The number of methoxy groups -OCH3 is 1. The molecular weight excluding hydrogens is 244 g/mol. The van der Waals surface area contributed by atoms with Crippen LogP contribution in [0.3, 0.4) is 0 Å². The fourth-order valence-corrected chi connectivity index (χ4v) is 2.30. The van der Waals surface area contributed by atoms with Gasteiger partial charge in [-0.1, -0.05) is 0 Å². The monoisotopic (exact) mass is 264 g/mol. The summed E-state index contributed by atoms with van der Waals surface area (Å²) in [6.45, 7) is 1.86. The highest BCUT2D eigenvalue weighted by Gasteiger charge is 2.23. The van der Waals surface area contributed by atoms with Crippen molar-refractivity contribution in [3.63, 3.8) is 0 Å². The maximum Gasteiger partial charge on any atom is 0.358 e. The average Bonchev–Trinajstić information content (AvgIpc) is 2.46. The lowest BCUT2D eigenvalue weighted by Gasteiger charge is -2.36. The van der Waals surface area contributed by atoms with E-state index in [9.17, 15) is 4.79 Å². The predicted molar refractivity (Wildman–Crippen MR) is 72.3 cm³/mol. The van der Waals surface area contributed by atoms with Gasteiger partial charge in [-0.25, -0.2) is 9.78 Å². The van der Waals surface area contributed by atoms with E-state index in [1.807, 2.05) is 0 Å². The van der Waals surface area contributed by atoms with Crippen molar-refractivity contribution in [1.82, 2.24) is 14.9 Å². The van der Waals surface area contributed by atoms with Gasteiger partial charge in [0.25, 0.3) is 0 Å². The van der Waals surface area contributed by atoms with E-state index in [1.165, 1.54) is 19.7 Å². The van der Waals surface area contributed by atoms with Crippen molar-refractivity contribution in [2.24, 2.45) is 0 Å². The molecular formula is C13H20N4O2. The summed E-state index contributed by atoms with van der Waals surface area (Å²) in [7, 11) is 5.52. The van der Waals surface area contributed by atoms with Gasteiger partial charge in [-0.05, 0) is 26.9 Å². The molecule has 1 aromatic heterocycles. The second-order valence-electron chi connectivity index (χ2n) is 4.96. The highest BCUT2D eigenvalue weighted by Crippen LogP contribution is 2.19. The SMILES string of the molecule is COC(=O)c1cncc(N2CCCC(N(C)C)C2)n1. The number of ether oxygens (including phenoxy) is 1. The highest BCUT2D eigenvalue weighted by molar-refractivity contribution is 5.87. The van der Waals surface area contributed by atoms with Gasteiger partial charge in [0.2, 0.25) is 0 Å². The Morgan fingerprint density at radius 2 is 2.26 bits per heavy atom. The number of rotatable bonds is 3. The van der Waals surface area contributed by atoms with E-state index in [0.717, 1.165) is 25.3 Å². The van der Waals surface area contributed by atoms with Crippen LogP contribution >= 0.6 is 0 Å². The normalized spacial score (nSPS) is 19.6. The number of carbonyl (C=O) groups is 1. The third kappa shape index (κ3) is 3.20. The zero-order valence-electron chi connectivity index (χ0n) is 11.7. The molecule has 0 spiro atoms. The van der Waals surface area contributed by atoms with E-state index in [1.54, 1.807) is 6.20 Å². The number of esters is 1. The van der Waals surface area contributed by atoms with E-state index >= 15 is 0 Å². The summed E-state index contributed by atoms with van der Waals surface area (Å²) in [4.78, 5) is 24.3. The van der Waals surface area contributed by atoms with Crippen LogP contribution in [-0.4, -0.2) is 61.2 Å². The number of anilines is 1. The van der Waals surface area contributed by atoms with Gasteiger partial charge in [0.05, 0.1) is 19.5 Å². The van der Waals surface area contributed by atoms with Crippen molar-refractivity contribution in [3.8, 4) is 0 Å². The quantitative estimate of drug-likeness (QED) is 0.752. The third-order valence-corrected chi connectivity index (χ3v) is 3.47. The summed E-state index contributed by atoms with van der Waals surface area (Å²) < 4.78 is 4.67. The molecule has 1 unspecified atom stereocenters. The fraction of sp³-hybridized carbons (Fsp3) is 0.615. The highest BCUT2D eigenvalue weighted by atomic mass is 16.5. The molecule has 1 aliphatic rings. The van der Waals surface area contributed by atoms with E-state index in [-0.39, 0.29) is 5.69 Å². The Bertz CT molecular complexity index is 450. The van der Waals surface area contributed by atoms with Gasteiger partial charge in [0.15, 0.2) is 5.69 Å². The second kappa shape index (κ2) is 5.97. The van der Waals surface area contributed by atoms with Crippen LogP contribution in [0.5, 0.6) is 0 Å². The van der Waals surface area contributed by atoms with Crippen LogP contribution < -0.4 is 4.90 Å². The van der Waals surface area contributed by atoms with Gasteiger partial charge in [-0.15, -0.1) is 0 Å². The molecule has 0 aliphatic carbocycles. The molecule has 6 nitrogen and oxygen atoms in total. The summed E-state index contributed by atoms with van der Waals surface area (Å²) >= 11 is 0. The number of carbonyl (C=O) groups excluding carboxylic acids is 1. The number of aromatic nitrogens is 2. The molecule has 19 heavy (non-hydrogen) atoms. The van der Waals surface area contributed by atoms with Crippen molar-refractivity contribution in [2.45, 2.75) is 18.9 Å². The van der Waals surface area contributed by atoms with E-state index in [0.29, 0.717) is 6.04 Å². The zero-order chi connectivity index (χ0) is 13.8. The first-order valence-electron chi connectivity index (χ1n) is 6.43. The summed E-state index contributed by atoms with van der Waals surface area (Å²) in [5.74, 6) is 0.296. The van der Waals surface area contributed by atoms with Crippen LogP contribution in [0.15, 0.2) is 12.4 Å². The lowest BCUT2D eigenvalue weighted by atomic mass is 10.1. The zero-order valence-corrected chi connectivity index (χ0v) is 11.7. The van der Waals surface area contributed by atoms with E-state index < -0.39 is 5.97 Å². The second-order valence-corrected chi connectivity index (χ2v) is 4.96. The maximum atomic E-state index is 11.5. The standard InChI is InChI=1S/C13H20N4O2/c1-16(2)10-5-4-6-17(9-10)12-8-14-7-11(15-12)13(18)19-3/h7-8,10H,4-6,9H2,1-3H3. The topological polar surface area (TPSA) is 58.6 Å². The minimum atomic E-state index is -0.449. The van der Waals surface area contributed by atoms with Crippen molar-refractivity contribution in [2.75, 3.05) is 39.2 Å². The van der Waals surface area contributed by atoms with E-state index in [4.69, 9.17) is 0 Å². The number of hydrogen-bond acceptors (Lipinski definition) is 6. The van der Waals surface area contributed by atoms with E-state index in [2.05, 4.69) is 38.6 Å². The largest absolute Gasteiger partial charge is 0.464 e. The molecule has 0 saturated carbocycles. The molecule has 1 fully saturated rings. The summed E-state index contributed by atoms with van der Waals surface area (Å²) in [6, 6.07) is 0.511. The van der Waals surface area contributed by atoms with Gasteiger partial charge >= 0.3 is 5.97 Å². The Hall–Kier alpha value is -1.69. The van der Waals surface area contributed by atoms with Crippen molar-refractivity contribution < 1.29 is 9.53 Å². The number of nitrogens with zero attached hydrogens (tertiary/aromatic N) is 4. The Morgan fingerprint density at radius 1 is 1.47 bits per heavy atom. The molecule has 6 heteroatoms. The summed E-state index contributed by atoms with van der Waals surface area (Å²) in [5, 5.41) is 0. The van der Waals surface area contributed by atoms with Crippen LogP contribution in [0.25, 0.3) is 0 Å². The van der Waals surface area contributed by atoms with Crippen LogP contribution in [0.4, 0.5) is 5.82 Å². The van der Waals surface area contributed by atoms with Gasteiger partial charge in [-0.2, -0.15) is 0 Å². The van der Waals surface area contributed by atoms with Gasteiger partial charge < -0.3 is 14.5 Å². The van der Waals surface area contributed by atoms with Gasteiger partial charge in [0, 0.05) is 19.1 Å². The first-order chi connectivity index (χ1) is 9.11. The van der Waals surface area contributed by atoms with Crippen molar-refractivity contribution in [1.29, 1.82) is 0 Å². The Morgan fingerprint density at radius 3 is 2.95 bits per heavy atom. The summed E-state index contributed by atoms with van der Waals surface area (Å²) in [5.41, 5.74) is 0.256. The minimum Gasteiger partial charge on any atom is -0.464 e. The summed E-state index contributed by atoms with van der Waals surface area (Å²) in [6.07, 6.45) is 5.44. The first kappa shape index (κ1) is 13.7. The molecule has 1 aliphatic heterocycles. The molecule has 0 amide bonds. The molecule has 0 bridgehead atoms. The molecule has 1 saturated heterocycles. The Balaban J connectivity index is 2.15. The molecule has 1 aromatic rings. The van der Waals surface area contributed by atoms with Crippen molar-refractivity contribution >= 4 is 11.8 Å². The van der Waals surface area contributed by atoms with Gasteiger partial charge in [-0.3, -0.25) is 4.98 Å². The first-order valence-corrected chi connectivity index (χ1v) is 6.43. The lowest BCUT2D eigenvalue weighted by Crippen LogP contribution is -2.45. The smallest absolute Gasteiger partial charge is 0.358 e. The van der Waals surface area contributed by atoms with Gasteiger partial charge in [0.1, 0.15) is 5.82 Å². The van der Waals surface area contributed by atoms with Crippen LogP contribution in [0.1, 0.15) is 23.3 Å². The lowest BCUT2D eigenvalue weighted by molar-refractivity contribution is 0.0593. The van der Waals surface area contributed by atoms with Crippen LogP contribution in [0.2, 0.25) is 0 Å². The molecule has 0 radical (unpaired) electrons. The Labute approximate surface area is 113 Å². The van der Waals surface area contributed by atoms with Crippen LogP contribution in [0, 0.1) is 0 Å². The minimum absolute atomic E-state index is 0.256. The maximum absolute atomic E-state index is 11.5. The molecule has 2 heterocycles. The number of piperidine rings is 1. The molecule has 0 aromatic carbocycles. The third-order valence-electron chi connectivity index (χ3n) is 3.47. The predicted octanol–water partition coefficient (Wildman–Crippen LogP) is 0.794. The van der Waals surface area contributed by atoms with Crippen molar-refractivity contribution in [3.05, 3.63) is 18.1 Å². The average molecular weight is 264 g/mol. The molecule has 2 rings (SSSR count). The molecule has 104 valence electrons. The van der Waals surface area contributed by atoms with Crippen LogP contribution in [-0.2, 0) is 4.74 Å². The molecule has 1 atom stereocenters. The fourth-order valence-electron chi connectivity index (χ4n) is 2.30. The number of likely N-dealkylation sites (N-methyl/N-ethyl adjacent to an activating group) is 1.